The van der Waals surface area contributed by atoms with Crippen LogP contribution in [-0.4, -0.2) is 23.1 Å². The molecular weight excluding hydrogens is 436 g/mol. The summed E-state index contributed by atoms with van der Waals surface area (Å²) in [6.45, 7) is 0.689. The molecule has 0 spiro atoms. The van der Waals surface area contributed by atoms with Gasteiger partial charge in [0.05, 0.1) is 11.6 Å². The first-order valence-corrected chi connectivity index (χ1v) is 12.1. The lowest BCUT2D eigenvalue weighted by molar-refractivity contribution is 0.0510. The van der Waals surface area contributed by atoms with Gasteiger partial charge in [0.25, 0.3) is 0 Å². The van der Waals surface area contributed by atoms with E-state index in [4.69, 9.17) is 9.47 Å². The summed E-state index contributed by atoms with van der Waals surface area (Å²) in [6.07, 6.45) is 5.70. The Kier molecular flexibility index (Phi) is 6.81. The lowest BCUT2D eigenvalue weighted by Crippen LogP contribution is -2.51. The lowest BCUT2D eigenvalue weighted by atomic mass is 9.83. The fourth-order valence-corrected chi connectivity index (χ4v) is 4.99. The molecule has 0 saturated carbocycles. The lowest BCUT2D eigenvalue weighted by Gasteiger charge is -2.44. The topological polar surface area (TPSA) is 62.6 Å². The molecule has 0 aliphatic carbocycles. The quantitative estimate of drug-likeness (QED) is 0.419. The minimum Gasteiger partial charge on any atom is -0.488 e. The van der Waals surface area contributed by atoms with Crippen molar-refractivity contribution in [2.45, 2.75) is 51.0 Å². The number of nitrogens with zero attached hydrogens (tertiary/aromatic N) is 2. The van der Waals surface area contributed by atoms with Gasteiger partial charge in [-0.3, -0.25) is 4.90 Å². The van der Waals surface area contributed by atoms with Crippen LogP contribution in [0.1, 0.15) is 47.9 Å². The predicted octanol–water partition coefficient (Wildman–Crippen LogP) is 6.48. The van der Waals surface area contributed by atoms with E-state index in [9.17, 15) is 10.1 Å². The van der Waals surface area contributed by atoms with Gasteiger partial charge in [-0.2, -0.15) is 5.26 Å². The van der Waals surface area contributed by atoms with Crippen molar-refractivity contribution >= 4 is 11.7 Å². The molecule has 3 aromatic carbocycles. The molecule has 2 unspecified atom stereocenters. The Labute approximate surface area is 206 Å². The van der Waals surface area contributed by atoms with Gasteiger partial charge in [0.1, 0.15) is 25.0 Å². The average molecular weight is 465 g/mol. The summed E-state index contributed by atoms with van der Waals surface area (Å²) in [4.78, 5) is 14.9. The molecule has 2 bridgehead atoms. The maximum absolute atomic E-state index is 13.0. The van der Waals surface area contributed by atoms with Gasteiger partial charge in [-0.05, 0) is 60.1 Å². The van der Waals surface area contributed by atoms with Gasteiger partial charge in [0, 0.05) is 6.04 Å². The molecule has 5 rings (SSSR count). The second-order valence-electron chi connectivity index (χ2n) is 9.09. The van der Waals surface area contributed by atoms with Gasteiger partial charge in [0.2, 0.25) is 0 Å². The van der Waals surface area contributed by atoms with Crippen molar-refractivity contribution in [1.29, 1.82) is 5.26 Å². The number of rotatable bonds is 6. The fourth-order valence-electron chi connectivity index (χ4n) is 4.99. The third-order valence-corrected chi connectivity index (χ3v) is 6.76. The minimum atomic E-state index is -0.245. The first-order valence-electron chi connectivity index (χ1n) is 12.1. The number of hydrogen-bond acceptors (Lipinski definition) is 4. The smallest absolute Gasteiger partial charge is 0.410 e. The van der Waals surface area contributed by atoms with Gasteiger partial charge in [-0.15, -0.1) is 0 Å². The molecule has 35 heavy (non-hydrogen) atoms. The number of benzene rings is 3. The van der Waals surface area contributed by atoms with Crippen LogP contribution in [0.5, 0.6) is 5.75 Å². The zero-order valence-corrected chi connectivity index (χ0v) is 19.6. The molecule has 2 heterocycles. The molecule has 2 aliphatic heterocycles. The molecule has 0 N–H and O–H groups in total. The summed E-state index contributed by atoms with van der Waals surface area (Å²) in [5, 5.41) is 9.57. The van der Waals surface area contributed by atoms with Crippen LogP contribution in [0.4, 0.5) is 4.79 Å². The Morgan fingerprint density at radius 1 is 0.943 bits per heavy atom. The van der Waals surface area contributed by atoms with Crippen molar-refractivity contribution in [3.05, 3.63) is 107 Å². The largest absolute Gasteiger partial charge is 0.488 e. The average Bonchev–Trinajstić information content (AvgIpc) is 2.91. The van der Waals surface area contributed by atoms with E-state index in [1.165, 1.54) is 5.57 Å². The highest BCUT2D eigenvalue weighted by atomic mass is 16.6. The third kappa shape index (κ3) is 5.22. The Balaban J connectivity index is 1.33. The van der Waals surface area contributed by atoms with Crippen molar-refractivity contribution < 1.29 is 14.3 Å². The van der Waals surface area contributed by atoms with Gasteiger partial charge >= 0.3 is 6.09 Å². The van der Waals surface area contributed by atoms with E-state index in [2.05, 4.69) is 12.1 Å². The molecule has 1 amide bonds. The van der Waals surface area contributed by atoms with E-state index in [1.807, 2.05) is 83.8 Å². The second-order valence-corrected chi connectivity index (χ2v) is 9.09. The van der Waals surface area contributed by atoms with E-state index in [1.54, 1.807) is 0 Å². The highest BCUT2D eigenvalue weighted by Crippen LogP contribution is 2.38. The molecule has 1 saturated heterocycles. The van der Waals surface area contributed by atoms with Crippen molar-refractivity contribution in [1.82, 2.24) is 4.90 Å². The summed E-state index contributed by atoms with van der Waals surface area (Å²) >= 11 is 0. The Hall–Kier alpha value is -4.04. The summed E-state index contributed by atoms with van der Waals surface area (Å²) in [6, 6.07) is 27.8. The summed E-state index contributed by atoms with van der Waals surface area (Å²) in [5.74, 6) is 0.588. The molecule has 1 fully saturated rings. The molecule has 2 atom stereocenters. The van der Waals surface area contributed by atoms with E-state index < -0.39 is 0 Å². The number of carbonyl (C=O) groups is 1. The van der Waals surface area contributed by atoms with Crippen LogP contribution >= 0.6 is 0 Å². The van der Waals surface area contributed by atoms with Crippen LogP contribution in [0.3, 0.4) is 0 Å². The standard InChI is InChI=1S/C30H28N2O3/c31-19-25-15-14-24(18-29(25)34-20-22-8-3-1-4-9-22)26-16-27-12-7-13-28(17-26)32(27)30(33)35-21-23-10-5-2-6-11-23/h1-6,8-11,14-16,18,27-28H,7,12-13,17,20-21H2. The van der Waals surface area contributed by atoms with Crippen molar-refractivity contribution in [2.24, 2.45) is 0 Å². The fraction of sp³-hybridized carbons (Fsp3) is 0.267. The van der Waals surface area contributed by atoms with Gasteiger partial charge < -0.3 is 9.47 Å². The zero-order chi connectivity index (χ0) is 24.0. The molecule has 176 valence electrons. The number of carbonyl (C=O) groups excluding carboxylic acids is 1. The van der Waals surface area contributed by atoms with Crippen LogP contribution < -0.4 is 4.74 Å². The van der Waals surface area contributed by atoms with Crippen molar-refractivity contribution in [3.63, 3.8) is 0 Å². The molecule has 0 aromatic heterocycles. The monoisotopic (exact) mass is 464 g/mol. The normalized spacial score (nSPS) is 18.8. The van der Waals surface area contributed by atoms with E-state index in [0.717, 1.165) is 42.4 Å². The predicted molar refractivity (Wildman–Crippen MR) is 134 cm³/mol. The molecule has 2 aliphatic rings. The molecule has 5 nitrogen and oxygen atoms in total. The van der Waals surface area contributed by atoms with Crippen LogP contribution in [0.25, 0.3) is 5.57 Å². The molecule has 3 aromatic rings. The zero-order valence-electron chi connectivity index (χ0n) is 19.6. The number of amides is 1. The molecule has 5 heteroatoms. The first kappa shape index (κ1) is 22.7. The van der Waals surface area contributed by atoms with E-state index in [-0.39, 0.29) is 24.8 Å². The van der Waals surface area contributed by atoms with E-state index >= 15 is 0 Å². The van der Waals surface area contributed by atoms with Crippen LogP contribution in [0, 0.1) is 11.3 Å². The Bertz CT molecular complexity index is 1250. The van der Waals surface area contributed by atoms with Crippen molar-refractivity contribution in [2.75, 3.05) is 0 Å². The number of hydrogen-bond donors (Lipinski definition) is 0. The van der Waals surface area contributed by atoms with Gasteiger partial charge in [0.15, 0.2) is 0 Å². The maximum Gasteiger partial charge on any atom is 0.410 e. The Morgan fingerprint density at radius 3 is 2.34 bits per heavy atom. The summed E-state index contributed by atoms with van der Waals surface area (Å²) in [7, 11) is 0. The van der Waals surface area contributed by atoms with Crippen molar-refractivity contribution in [3.8, 4) is 11.8 Å². The number of fused-ring (bicyclic) bond motifs is 2. The van der Waals surface area contributed by atoms with Gasteiger partial charge in [-0.1, -0.05) is 72.8 Å². The van der Waals surface area contributed by atoms with Crippen LogP contribution in [0.2, 0.25) is 0 Å². The minimum absolute atomic E-state index is 0.0186. The number of ether oxygens (including phenoxy) is 2. The second kappa shape index (κ2) is 10.5. The number of nitriles is 1. The highest BCUT2D eigenvalue weighted by Gasteiger charge is 2.38. The van der Waals surface area contributed by atoms with Gasteiger partial charge in [-0.25, -0.2) is 4.79 Å². The summed E-state index contributed by atoms with van der Waals surface area (Å²) < 4.78 is 11.7. The molecule has 0 radical (unpaired) electrons. The molecular formula is C30H28N2O3. The SMILES string of the molecule is N#Cc1ccc(C2=CC3CCCC(C2)N3C(=O)OCc2ccccc2)cc1OCc1ccccc1. The highest BCUT2D eigenvalue weighted by molar-refractivity contribution is 5.75. The third-order valence-electron chi connectivity index (χ3n) is 6.76. The van der Waals surface area contributed by atoms with Crippen LogP contribution in [-0.2, 0) is 18.0 Å². The maximum atomic E-state index is 13.0. The van der Waals surface area contributed by atoms with E-state index in [0.29, 0.717) is 17.9 Å². The Morgan fingerprint density at radius 2 is 1.66 bits per heavy atom. The number of piperidine rings is 1. The summed E-state index contributed by atoms with van der Waals surface area (Å²) in [5.41, 5.74) is 4.80. The van der Waals surface area contributed by atoms with Crippen LogP contribution in [0.15, 0.2) is 84.9 Å². The first-order chi connectivity index (χ1) is 17.2.